The molecule has 4 nitrogen and oxygen atoms in total. The maximum Gasteiger partial charge on any atom is 0.128 e. The first-order valence-electron chi connectivity index (χ1n) is 2.77. The van der Waals surface area contributed by atoms with E-state index < -0.39 is 0 Å². The molecular formula is C5H9N3O. The number of amidine groups is 1. The van der Waals surface area contributed by atoms with Crippen molar-refractivity contribution in [3.05, 3.63) is 0 Å². The third-order valence-electron chi connectivity index (χ3n) is 1.22. The fourth-order valence-corrected chi connectivity index (χ4v) is 0.692. The number of morpholine rings is 1. The SMILES string of the molecule is N=CN1CCOCC1=N. The Morgan fingerprint density at radius 1 is 1.67 bits per heavy atom. The van der Waals surface area contributed by atoms with E-state index >= 15 is 0 Å². The van der Waals surface area contributed by atoms with Gasteiger partial charge in [0.25, 0.3) is 0 Å². The van der Waals surface area contributed by atoms with Crippen molar-refractivity contribution in [1.82, 2.24) is 4.90 Å². The molecule has 0 aromatic heterocycles. The zero-order valence-corrected chi connectivity index (χ0v) is 5.05. The maximum absolute atomic E-state index is 7.20. The normalized spacial score (nSPS) is 20.0. The quantitative estimate of drug-likeness (QED) is 0.382. The van der Waals surface area contributed by atoms with Gasteiger partial charge in [0.2, 0.25) is 0 Å². The molecule has 2 N–H and O–H groups in total. The summed E-state index contributed by atoms with van der Waals surface area (Å²) in [5.74, 6) is 0.372. The Labute approximate surface area is 53.4 Å². The van der Waals surface area contributed by atoms with Crippen LogP contribution in [-0.4, -0.2) is 36.8 Å². The van der Waals surface area contributed by atoms with Gasteiger partial charge in [0, 0.05) is 6.54 Å². The highest BCUT2D eigenvalue weighted by atomic mass is 16.5. The molecule has 1 heterocycles. The second-order valence-electron chi connectivity index (χ2n) is 1.82. The van der Waals surface area contributed by atoms with E-state index in [0.29, 0.717) is 25.6 Å². The van der Waals surface area contributed by atoms with Crippen LogP contribution in [0.1, 0.15) is 0 Å². The molecule has 0 aromatic carbocycles. The van der Waals surface area contributed by atoms with E-state index in [9.17, 15) is 0 Å². The molecule has 0 atom stereocenters. The van der Waals surface area contributed by atoms with Crippen LogP contribution in [0.15, 0.2) is 0 Å². The highest BCUT2D eigenvalue weighted by molar-refractivity contribution is 5.90. The van der Waals surface area contributed by atoms with Gasteiger partial charge in [-0.15, -0.1) is 0 Å². The molecular weight excluding hydrogens is 118 g/mol. The van der Waals surface area contributed by atoms with E-state index in [1.54, 1.807) is 4.90 Å². The van der Waals surface area contributed by atoms with Crippen LogP contribution in [0.25, 0.3) is 0 Å². The summed E-state index contributed by atoms with van der Waals surface area (Å²) < 4.78 is 4.94. The van der Waals surface area contributed by atoms with E-state index in [-0.39, 0.29) is 0 Å². The van der Waals surface area contributed by atoms with Gasteiger partial charge in [-0.2, -0.15) is 0 Å². The molecule has 0 aliphatic carbocycles. The summed E-state index contributed by atoms with van der Waals surface area (Å²) in [6.45, 7) is 1.61. The molecule has 1 saturated heterocycles. The minimum absolute atomic E-state index is 0.343. The molecule has 0 bridgehead atoms. The zero-order chi connectivity index (χ0) is 6.69. The predicted octanol–water partition coefficient (Wildman–Crippen LogP) is -0.0971. The van der Waals surface area contributed by atoms with Crippen LogP contribution in [0.2, 0.25) is 0 Å². The second-order valence-corrected chi connectivity index (χ2v) is 1.82. The lowest BCUT2D eigenvalue weighted by Crippen LogP contribution is -2.39. The summed E-state index contributed by atoms with van der Waals surface area (Å²) in [6, 6.07) is 0. The summed E-state index contributed by atoms with van der Waals surface area (Å²) in [5, 5.41) is 14.0. The summed E-state index contributed by atoms with van der Waals surface area (Å²) in [4.78, 5) is 1.56. The highest BCUT2D eigenvalue weighted by Gasteiger charge is 2.11. The van der Waals surface area contributed by atoms with Gasteiger partial charge in [-0.25, -0.2) is 0 Å². The standard InChI is InChI=1S/C5H9N3O/c6-4-8-1-2-9-3-5(8)7/h4,6-7H,1-3H2. The van der Waals surface area contributed by atoms with Crippen LogP contribution in [0.5, 0.6) is 0 Å². The van der Waals surface area contributed by atoms with Crippen molar-refractivity contribution in [2.45, 2.75) is 0 Å². The smallest absolute Gasteiger partial charge is 0.128 e. The van der Waals surface area contributed by atoms with E-state index in [2.05, 4.69) is 0 Å². The number of nitrogens with zero attached hydrogens (tertiary/aromatic N) is 1. The topological polar surface area (TPSA) is 60.2 Å². The number of hydrogen-bond acceptors (Lipinski definition) is 3. The Bertz CT molecular complexity index is 134. The molecule has 9 heavy (non-hydrogen) atoms. The van der Waals surface area contributed by atoms with Crippen molar-refractivity contribution in [2.75, 3.05) is 19.8 Å². The molecule has 1 aliphatic heterocycles. The Balaban J connectivity index is 2.48. The molecule has 0 spiro atoms. The molecule has 1 rings (SSSR count). The van der Waals surface area contributed by atoms with E-state index in [1.165, 1.54) is 0 Å². The second kappa shape index (κ2) is 2.59. The predicted molar refractivity (Wildman–Crippen MR) is 34.0 cm³/mol. The molecule has 50 valence electrons. The van der Waals surface area contributed by atoms with Gasteiger partial charge >= 0.3 is 0 Å². The summed E-state index contributed by atoms with van der Waals surface area (Å²) in [7, 11) is 0. The summed E-state index contributed by atoms with van der Waals surface area (Å²) in [5.41, 5.74) is 0. The molecule has 1 aliphatic rings. The van der Waals surface area contributed by atoms with Crippen molar-refractivity contribution in [2.24, 2.45) is 0 Å². The number of nitrogens with one attached hydrogen (secondary N) is 2. The Hall–Kier alpha value is -0.900. The fourth-order valence-electron chi connectivity index (χ4n) is 0.692. The monoisotopic (exact) mass is 127 g/mol. The maximum atomic E-state index is 7.20. The van der Waals surface area contributed by atoms with Gasteiger partial charge in [0.1, 0.15) is 12.4 Å². The number of ether oxygens (including phenoxy) is 1. The van der Waals surface area contributed by atoms with Crippen LogP contribution < -0.4 is 0 Å². The minimum atomic E-state index is 0.343. The van der Waals surface area contributed by atoms with E-state index in [4.69, 9.17) is 15.6 Å². The first kappa shape index (κ1) is 6.22. The van der Waals surface area contributed by atoms with Gasteiger partial charge in [0.05, 0.1) is 12.9 Å². The van der Waals surface area contributed by atoms with Gasteiger partial charge in [0.15, 0.2) is 0 Å². The summed E-state index contributed by atoms with van der Waals surface area (Å²) in [6.07, 6.45) is 1.16. The molecule has 0 amide bonds. The van der Waals surface area contributed by atoms with Gasteiger partial charge in [-0.1, -0.05) is 0 Å². The van der Waals surface area contributed by atoms with Crippen LogP contribution in [0.4, 0.5) is 0 Å². The third-order valence-corrected chi connectivity index (χ3v) is 1.22. The third kappa shape index (κ3) is 1.26. The molecule has 0 radical (unpaired) electrons. The summed E-state index contributed by atoms with van der Waals surface area (Å²) >= 11 is 0. The lowest BCUT2D eigenvalue weighted by molar-refractivity contribution is 0.136. The van der Waals surface area contributed by atoms with E-state index in [1.807, 2.05) is 0 Å². The Kier molecular flexibility index (Phi) is 1.79. The van der Waals surface area contributed by atoms with Gasteiger partial charge in [-0.05, 0) is 0 Å². The fraction of sp³-hybridized carbons (Fsp3) is 0.600. The van der Waals surface area contributed by atoms with Crippen LogP contribution in [-0.2, 0) is 4.74 Å². The molecule has 0 saturated carbocycles. The van der Waals surface area contributed by atoms with Crippen LogP contribution in [0.3, 0.4) is 0 Å². The van der Waals surface area contributed by atoms with E-state index in [0.717, 1.165) is 6.34 Å². The number of rotatable bonds is 1. The zero-order valence-electron chi connectivity index (χ0n) is 5.05. The minimum Gasteiger partial charge on any atom is -0.372 e. The van der Waals surface area contributed by atoms with Crippen molar-refractivity contribution in [3.8, 4) is 0 Å². The lowest BCUT2D eigenvalue weighted by atomic mass is 10.4. The molecule has 0 unspecified atom stereocenters. The molecule has 4 heteroatoms. The van der Waals surface area contributed by atoms with Crippen LogP contribution >= 0.6 is 0 Å². The van der Waals surface area contributed by atoms with Crippen molar-refractivity contribution < 1.29 is 4.74 Å². The average molecular weight is 127 g/mol. The molecule has 0 aromatic rings. The highest BCUT2D eigenvalue weighted by Crippen LogP contribution is 1.94. The Morgan fingerprint density at radius 2 is 2.44 bits per heavy atom. The Morgan fingerprint density at radius 3 is 2.89 bits per heavy atom. The van der Waals surface area contributed by atoms with Gasteiger partial charge < -0.3 is 9.64 Å². The first-order chi connectivity index (χ1) is 4.34. The van der Waals surface area contributed by atoms with Gasteiger partial charge in [-0.3, -0.25) is 10.8 Å². The van der Waals surface area contributed by atoms with Crippen LogP contribution in [0, 0.1) is 10.8 Å². The number of hydrogen-bond donors (Lipinski definition) is 2. The largest absolute Gasteiger partial charge is 0.372 e. The lowest BCUT2D eigenvalue weighted by Gasteiger charge is -2.24. The average Bonchev–Trinajstić information content (AvgIpc) is 1.89. The van der Waals surface area contributed by atoms with Crippen molar-refractivity contribution in [3.63, 3.8) is 0 Å². The molecule has 1 fully saturated rings. The first-order valence-corrected chi connectivity index (χ1v) is 2.77. The van der Waals surface area contributed by atoms with Crippen molar-refractivity contribution >= 4 is 12.2 Å². The van der Waals surface area contributed by atoms with Crippen molar-refractivity contribution in [1.29, 1.82) is 10.8 Å².